The lowest BCUT2D eigenvalue weighted by molar-refractivity contribution is 0.0699. The Morgan fingerprint density at radius 3 is 2.73 bits per heavy atom. The maximum absolute atomic E-state index is 10.9. The van der Waals surface area contributed by atoms with E-state index in [1.165, 1.54) is 11.3 Å². The molecule has 2 rings (SSSR count). The highest BCUT2D eigenvalue weighted by Gasteiger charge is 2.11. The van der Waals surface area contributed by atoms with E-state index in [0.29, 0.717) is 5.56 Å². The van der Waals surface area contributed by atoms with Crippen LogP contribution < -0.4 is 11.3 Å². The van der Waals surface area contributed by atoms with Crippen molar-refractivity contribution in [2.24, 2.45) is 5.84 Å². The molecule has 80 valence electrons. The number of benzene rings is 1. The number of thiophene rings is 1. The van der Waals surface area contributed by atoms with Crippen molar-refractivity contribution in [2.45, 2.75) is 0 Å². The second-order valence-corrected chi connectivity index (χ2v) is 3.69. The third kappa shape index (κ3) is 1.90. The number of fused-ring (bicyclic) bond motifs is 1. The Bertz CT molecular complexity index is 498. The third-order valence-corrected chi connectivity index (χ3v) is 2.95. The van der Waals surface area contributed by atoms with E-state index in [2.05, 4.69) is 5.43 Å². The summed E-state index contributed by atoms with van der Waals surface area (Å²) in [6.07, 6.45) is 0. The molecule has 0 atom stereocenters. The van der Waals surface area contributed by atoms with Gasteiger partial charge in [-0.2, -0.15) is 0 Å². The number of carbonyl (C=O) groups is 1. The largest absolute Gasteiger partial charge is 0.478 e. The van der Waals surface area contributed by atoms with Crippen LogP contribution in [0.3, 0.4) is 0 Å². The van der Waals surface area contributed by atoms with Gasteiger partial charge >= 0.3 is 5.97 Å². The third-order valence-electron chi connectivity index (χ3n) is 2.00. The Balaban J connectivity index is 0.00000112. The van der Waals surface area contributed by atoms with Crippen molar-refractivity contribution in [1.82, 2.24) is 0 Å². The van der Waals surface area contributed by atoms with Crippen LogP contribution in [-0.4, -0.2) is 11.1 Å². The number of carboxylic acids is 1. The van der Waals surface area contributed by atoms with Crippen molar-refractivity contribution < 1.29 is 9.90 Å². The molecular weight excluding hydrogens is 236 g/mol. The molecule has 6 heteroatoms. The lowest BCUT2D eigenvalue weighted by Gasteiger charge is -2.03. The first-order valence-corrected chi connectivity index (χ1v) is 4.82. The molecule has 4 nitrogen and oxygen atoms in total. The molecule has 1 aromatic heterocycles. The summed E-state index contributed by atoms with van der Waals surface area (Å²) in [4.78, 5) is 10.9. The van der Waals surface area contributed by atoms with E-state index in [1.807, 2.05) is 11.4 Å². The van der Waals surface area contributed by atoms with E-state index in [4.69, 9.17) is 10.9 Å². The number of nitrogen functional groups attached to an aromatic ring is 1. The van der Waals surface area contributed by atoms with E-state index in [0.717, 1.165) is 15.8 Å². The van der Waals surface area contributed by atoms with E-state index >= 15 is 0 Å². The molecule has 1 aromatic carbocycles. The number of nitrogens with two attached hydrogens (primary N) is 1. The maximum Gasteiger partial charge on any atom is 0.337 e. The average molecular weight is 245 g/mol. The normalized spacial score (nSPS) is 9.67. The highest BCUT2D eigenvalue weighted by molar-refractivity contribution is 7.17. The van der Waals surface area contributed by atoms with Crippen LogP contribution in [0.5, 0.6) is 0 Å². The van der Waals surface area contributed by atoms with Gasteiger partial charge in [-0.15, -0.1) is 23.7 Å². The van der Waals surface area contributed by atoms with Gasteiger partial charge in [0.05, 0.1) is 16.0 Å². The van der Waals surface area contributed by atoms with E-state index in [9.17, 15) is 4.79 Å². The summed E-state index contributed by atoms with van der Waals surface area (Å²) >= 11 is 1.40. The Morgan fingerprint density at radius 2 is 2.13 bits per heavy atom. The van der Waals surface area contributed by atoms with E-state index in [-0.39, 0.29) is 12.4 Å². The average Bonchev–Trinajstić information content (AvgIpc) is 2.64. The van der Waals surface area contributed by atoms with Crippen molar-refractivity contribution in [3.8, 4) is 0 Å². The summed E-state index contributed by atoms with van der Waals surface area (Å²) in [5, 5.41) is 11.6. The number of aromatic carboxylic acids is 1. The van der Waals surface area contributed by atoms with Crippen molar-refractivity contribution >= 4 is 45.5 Å². The SMILES string of the molecule is Cl.NNc1ccc(C(=O)O)c2sccc12. The molecule has 0 saturated heterocycles. The summed E-state index contributed by atoms with van der Waals surface area (Å²) in [6, 6.07) is 5.07. The number of hydrazine groups is 1. The monoisotopic (exact) mass is 244 g/mol. The fraction of sp³-hybridized carbons (Fsp3) is 0. The Hall–Kier alpha value is -1.30. The summed E-state index contributed by atoms with van der Waals surface area (Å²) in [7, 11) is 0. The van der Waals surface area contributed by atoms with Gasteiger partial charge < -0.3 is 10.5 Å². The zero-order valence-electron chi connectivity index (χ0n) is 7.56. The first-order chi connectivity index (χ1) is 6.74. The number of carboxylic acid groups (broad SMARTS) is 1. The molecule has 0 bridgehead atoms. The second-order valence-electron chi connectivity index (χ2n) is 2.77. The molecule has 0 radical (unpaired) electrons. The fourth-order valence-electron chi connectivity index (χ4n) is 1.36. The summed E-state index contributed by atoms with van der Waals surface area (Å²) in [5.41, 5.74) is 3.59. The van der Waals surface area contributed by atoms with E-state index in [1.54, 1.807) is 12.1 Å². The lowest BCUT2D eigenvalue weighted by Crippen LogP contribution is -2.07. The van der Waals surface area contributed by atoms with Gasteiger partial charge in [-0.05, 0) is 23.6 Å². The molecule has 0 saturated carbocycles. The number of halogens is 1. The molecule has 0 unspecified atom stereocenters. The van der Waals surface area contributed by atoms with Gasteiger partial charge in [-0.3, -0.25) is 5.84 Å². The zero-order chi connectivity index (χ0) is 10.1. The minimum Gasteiger partial charge on any atom is -0.478 e. The molecule has 1 heterocycles. The topological polar surface area (TPSA) is 75.3 Å². The molecule has 0 fully saturated rings. The molecular formula is C9H9ClN2O2S. The predicted octanol–water partition coefficient (Wildman–Crippen LogP) is 2.31. The maximum atomic E-state index is 10.9. The Kier molecular flexibility index (Phi) is 3.52. The van der Waals surface area contributed by atoms with Crippen molar-refractivity contribution in [3.05, 3.63) is 29.1 Å². The number of hydrogen-bond donors (Lipinski definition) is 3. The van der Waals surface area contributed by atoms with Crippen molar-refractivity contribution in [3.63, 3.8) is 0 Å². The minimum atomic E-state index is -0.916. The molecule has 15 heavy (non-hydrogen) atoms. The van der Waals surface area contributed by atoms with Crippen LogP contribution in [0.15, 0.2) is 23.6 Å². The van der Waals surface area contributed by atoms with Crippen molar-refractivity contribution in [1.29, 1.82) is 0 Å². The zero-order valence-corrected chi connectivity index (χ0v) is 9.19. The number of anilines is 1. The van der Waals surface area contributed by atoms with Gasteiger partial charge in [0.25, 0.3) is 0 Å². The predicted molar refractivity (Wildman–Crippen MR) is 63.8 cm³/mol. The van der Waals surface area contributed by atoms with Crippen LogP contribution >= 0.6 is 23.7 Å². The van der Waals surface area contributed by atoms with E-state index < -0.39 is 5.97 Å². The van der Waals surface area contributed by atoms with Crippen LogP contribution in [0.25, 0.3) is 10.1 Å². The van der Waals surface area contributed by atoms with Gasteiger partial charge in [0.1, 0.15) is 0 Å². The van der Waals surface area contributed by atoms with Crippen LogP contribution in [0.1, 0.15) is 10.4 Å². The highest BCUT2D eigenvalue weighted by Crippen LogP contribution is 2.30. The van der Waals surface area contributed by atoms with Crippen LogP contribution in [0.2, 0.25) is 0 Å². The number of rotatable bonds is 2. The molecule has 0 aliphatic carbocycles. The summed E-state index contributed by atoms with van der Waals surface area (Å²) in [5.74, 6) is 4.39. The van der Waals surface area contributed by atoms with Gasteiger partial charge in [-0.1, -0.05) is 0 Å². The molecule has 0 aliphatic rings. The standard InChI is InChI=1S/C9H8N2O2S.ClH/c10-11-7-2-1-6(9(12)13)8-5(7)3-4-14-8;/h1-4,11H,10H2,(H,12,13);1H. The molecule has 0 aliphatic heterocycles. The number of hydrogen-bond acceptors (Lipinski definition) is 4. The second kappa shape index (κ2) is 4.48. The van der Waals surface area contributed by atoms with Gasteiger partial charge in [0.2, 0.25) is 0 Å². The van der Waals surface area contributed by atoms with Crippen LogP contribution in [0.4, 0.5) is 5.69 Å². The summed E-state index contributed by atoms with van der Waals surface area (Å²) < 4.78 is 0.743. The Morgan fingerprint density at radius 1 is 1.40 bits per heavy atom. The van der Waals surface area contributed by atoms with Crippen LogP contribution in [0, 0.1) is 0 Å². The minimum absolute atomic E-state index is 0. The fourth-order valence-corrected chi connectivity index (χ4v) is 2.28. The number of nitrogens with one attached hydrogen (secondary N) is 1. The summed E-state index contributed by atoms with van der Waals surface area (Å²) in [6.45, 7) is 0. The van der Waals surface area contributed by atoms with Gasteiger partial charge in [0.15, 0.2) is 0 Å². The smallest absolute Gasteiger partial charge is 0.337 e. The first kappa shape index (κ1) is 11.8. The molecule has 0 spiro atoms. The Labute approximate surface area is 96.1 Å². The van der Waals surface area contributed by atoms with Crippen LogP contribution in [-0.2, 0) is 0 Å². The molecule has 0 amide bonds. The molecule has 4 N–H and O–H groups in total. The molecule has 2 aromatic rings. The highest BCUT2D eigenvalue weighted by atomic mass is 35.5. The lowest BCUT2D eigenvalue weighted by atomic mass is 10.1. The van der Waals surface area contributed by atoms with Gasteiger partial charge in [-0.25, -0.2) is 4.79 Å². The van der Waals surface area contributed by atoms with Crippen molar-refractivity contribution in [2.75, 3.05) is 5.43 Å². The van der Waals surface area contributed by atoms with Gasteiger partial charge in [0, 0.05) is 5.39 Å². The first-order valence-electron chi connectivity index (χ1n) is 3.94. The quantitative estimate of drug-likeness (QED) is 0.560.